The Morgan fingerprint density at radius 1 is 1.50 bits per heavy atom. The minimum absolute atomic E-state index is 0. The highest BCUT2D eigenvalue weighted by Gasteiger charge is 1.92. The molecule has 0 unspecified atom stereocenters. The molecular formula is C4H9N3O. The molecule has 0 aliphatic carbocycles. The van der Waals surface area contributed by atoms with Crippen molar-refractivity contribution in [3.63, 3.8) is 0 Å². The summed E-state index contributed by atoms with van der Waals surface area (Å²) in [5, 5.41) is 6.37. The predicted molar refractivity (Wildman–Crippen MR) is 30.8 cm³/mol. The molecule has 0 saturated heterocycles. The van der Waals surface area contributed by atoms with Crippen LogP contribution in [-0.4, -0.2) is 5.91 Å². The van der Waals surface area contributed by atoms with Gasteiger partial charge in [-0.25, -0.2) is 0 Å². The van der Waals surface area contributed by atoms with Gasteiger partial charge in [0.15, 0.2) is 0 Å². The van der Waals surface area contributed by atoms with E-state index in [1.54, 1.807) is 0 Å². The molecule has 0 bridgehead atoms. The number of hydrogen-bond acceptors (Lipinski definition) is 3. The number of nitrogens with zero attached hydrogens (tertiary/aromatic N) is 2. The Hall–Kier alpha value is -1.03. The lowest BCUT2D eigenvalue weighted by atomic mass is 10.6. The van der Waals surface area contributed by atoms with Gasteiger partial charge in [0.2, 0.25) is 0 Å². The maximum absolute atomic E-state index is 9.90. The van der Waals surface area contributed by atoms with Crippen molar-refractivity contribution in [2.45, 2.75) is 7.43 Å². The third kappa shape index (κ3) is 2.20. The molecule has 0 aromatic heterocycles. The fourth-order valence-electron chi connectivity index (χ4n) is 0.221. The summed E-state index contributed by atoms with van der Waals surface area (Å²) in [5.41, 5.74) is 0. The molecule has 1 rings (SSSR count). The van der Waals surface area contributed by atoms with Gasteiger partial charge in [-0.05, 0) is 0 Å². The van der Waals surface area contributed by atoms with Gasteiger partial charge in [-0.15, -0.1) is 5.11 Å². The minimum Gasteiger partial charge on any atom is -0.344 e. The van der Waals surface area contributed by atoms with Crippen LogP contribution in [0.3, 0.4) is 0 Å². The smallest absolute Gasteiger partial charge is 0.289 e. The lowest BCUT2D eigenvalue weighted by Gasteiger charge is -1.59. The lowest BCUT2D eigenvalue weighted by molar-refractivity contribution is -0.113. The number of rotatable bonds is 0. The Morgan fingerprint density at radius 3 is 2.25 bits per heavy atom. The van der Waals surface area contributed by atoms with Crippen LogP contribution in [0.15, 0.2) is 22.5 Å². The van der Waals surface area contributed by atoms with Crippen LogP contribution in [0.4, 0.5) is 0 Å². The van der Waals surface area contributed by atoms with E-state index in [4.69, 9.17) is 0 Å². The van der Waals surface area contributed by atoms with Crippen LogP contribution >= 0.6 is 0 Å². The first-order valence-corrected chi connectivity index (χ1v) is 1.51. The number of amides is 1. The van der Waals surface area contributed by atoms with E-state index in [1.165, 1.54) is 12.3 Å². The second-order valence-corrected chi connectivity index (χ2v) is 0.869. The molecule has 4 nitrogen and oxygen atoms in total. The Bertz CT molecular complexity index is 113. The Balaban J connectivity index is 0. The summed E-state index contributed by atoms with van der Waals surface area (Å²) in [6.45, 7) is 0. The molecule has 1 amide bonds. The van der Waals surface area contributed by atoms with Gasteiger partial charge in [-0.1, -0.05) is 7.43 Å². The monoisotopic (exact) mass is 115 g/mol. The van der Waals surface area contributed by atoms with Crippen molar-refractivity contribution in [1.82, 2.24) is 6.15 Å². The molecule has 1 heterocycles. The molecular weight excluding hydrogens is 106 g/mol. The highest BCUT2D eigenvalue weighted by atomic mass is 16.1. The molecule has 0 saturated carbocycles. The van der Waals surface area contributed by atoms with E-state index < -0.39 is 0 Å². The number of azo groups is 1. The molecule has 1 aliphatic rings. The zero-order valence-corrected chi connectivity index (χ0v) is 3.66. The van der Waals surface area contributed by atoms with Crippen LogP contribution in [0, 0.1) is 0 Å². The molecule has 0 atom stereocenters. The first kappa shape index (κ1) is 10.1. The largest absolute Gasteiger partial charge is 0.344 e. The molecule has 8 heavy (non-hydrogen) atoms. The summed E-state index contributed by atoms with van der Waals surface area (Å²) in [4.78, 5) is 9.90. The molecule has 0 fully saturated rings. The summed E-state index contributed by atoms with van der Waals surface area (Å²) in [6, 6.07) is 0. The fourth-order valence-corrected chi connectivity index (χ4v) is 0.221. The number of carbonyl (C=O) groups excluding carboxylic acids is 1. The number of hydrogen-bond donors (Lipinski definition) is 1. The third-order valence-corrected chi connectivity index (χ3v) is 0.440. The lowest BCUT2D eigenvalue weighted by Crippen LogP contribution is -1.74. The predicted octanol–water partition coefficient (Wildman–Crippen LogP) is 1.29. The van der Waals surface area contributed by atoms with Crippen molar-refractivity contribution in [2.75, 3.05) is 0 Å². The minimum atomic E-state index is -0.269. The maximum Gasteiger partial charge on any atom is 0.289 e. The van der Waals surface area contributed by atoms with Crippen LogP contribution < -0.4 is 6.15 Å². The average molecular weight is 115 g/mol. The Kier molecular flexibility index (Phi) is 5.20. The van der Waals surface area contributed by atoms with Crippen LogP contribution in [0.25, 0.3) is 0 Å². The molecule has 0 spiro atoms. The van der Waals surface area contributed by atoms with Crippen LogP contribution in [0.5, 0.6) is 0 Å². The van der Waals surface area contributed by atoms with Crippen molar-refractivity contribution in [3.05, 3.63) is 12.3 Å². The average Bonchev–Trinajstić information content (AvgIpc) is 1.86. The summed E-state index contributed by atoms with van der Waals surface area (Å²) in [7, 11) is 0. The van der Waals surface area contributed by atoms with Crippen LogP contribution in [-0.2, 0) is 4.79 Å². The quantitative estimate of drug-likeness (QED) is 0.516. The second-order valence-electron chi connectivity index (χ2n) is 0.869. The molecule has 0 aromatic rings. The van der Waals surface area contributed by atoms with E-state index in [0.29, 0.717) is 0 Å². The van der Waals surface area contributed by atoms with E-state index in [9.17, 15) is 4.79 Å². The molecule has 46 valence electrons. The van der Waals surface area contributed by atoms with Gasteiger partial charge >= 0.3 is 0 Å². The molecule has 4 heteroatoms. The van der Waals surface area contributed by atoms with Crippen LogP contribution in [0.2, 0.25) is 0 Å². The van der Waals surface area contributed by atoms with E-state index in [2.05, 4.69) is 10.2 Å². The van der Waals surface area contributed by atoms with E-state index >= 15 is 0 Å². The van der Waals surface area contributed by atoms with Crippen molar-refractivity contribution in [3.8, 4) is 0 Å². The third-order valence-electron chi connectivity index (χ3n) is 0.440. The van der Waals surface area contributed by atoms with Gasteiger partial charge in [0.1, 0.15) is 0 Å². The van der Waals surface area contributed by atoms with Crippen molar-refractivity contribution in [1.29, 1.82) is 0 Å². The van der Waals surface area contributed by atoms with Gasteiger partial charge in [-0.2, -0.15) is 5.11 Å². The highest BCUT2D eigenvalue weighted by Crippen LogP contribution is 1.90. The summed E-state index contributed by atoms with van der Waals surface area (Å²) in [6.07, 6.45) is 2.67. The number of carbonyl (C=O) groups is 1. The zero-order valence-electron chi connectivity index (χ0n) is 3.66. The molecule has 3 N–H and O–H groups in total. The van der Waals surface area contributed by atoms with Gasteiger partial charge < -0.3 is 6.15 Å². The SMILES string of the molecule is C.N.O=C1C=CN=N1. The fraction of sp³-hybridized carbons (Fsp3) is 0.250. The Labute approximate surface area is 47.9 Å². The van der Waals surface area contributed by atoms with Gasteiger partial charge in [0.25, 0.3) is 5.91 Å². The molecule has 0 aromatic carbocycles. The summed E-state index contributed by atoms with van der Waals surface area (Å²) in [5.74, 6) is -0.269. The molecule has 0 radical (unpaired) electrons. The standard InChI is InChI=1S/C3H2N2O.CH4.H3N/c6-3-1-2-4-5-3;;/h1-2H;1H4;1H3. The van der Waals surface area contributed by atoms with Gasteiger partial charge in [-0.3, -0.25) is 4.79 Å². The van der Waals surface area contributed by atoms with Gasteiger partial charge in [0.05, 0.1) is 6.20 Å². The van der Waals surface area contributed by atoms with Crippen molar-refractivity contribution in [2.24, 2.45) is 10.2 Å². The van der Waals surface area contributed by atoms with Crippen molar-refractivity contribution >= 4 is 5.91 Å². The topological polar surface area (TPSA) is 76.8 Å². The zero-order chi connectivity index (χ0) is 4.41. The van der Waals surface area contributed by atoms with E-state index in [-0.39, 0.29) is 19.5 Å². The van der Waals surface area contributed by atoms with E-state index in [1.807, 2.05) is 0 Å². The van der Waals surface area contributed by atoms with Gasteiger partial charge in [0, 0.05) is 6.08 Å². The first-order valence-electron chi connectivity index (χ1n) is 1.51. The summed E-state index contributed by atoms with van der Waals surface area (Å²) < 4.78 is 0. The Morgan fingerprint density at radius 2 is 2.12 bits per heavy atom. The van der Waals surface area contributed by atoms with E-state index in [0.717, 1.165) is 0 Å². The normalized spacial score (nSPS) is 12.8. The second kappa shape index (κ2) is 4.14. The molecule has 1 aliphatic heterocycles. The van der Waals surface area contributed by atoms with Crippen molar-refractivity contribution < 1.29 is 4.79 Å². The first-order chi connectivity index (χ1) is 2.89. The highest BCUT2D eigenvalue weighted by molar-refractivity contribution is 5.89. The van der Waals surface area contributed by atoms with Crippen LogP contribution in [0.1, 0.15) is 7.43 Å². The summed E-state index contributed by atoms with van der Waals surface area (Å²) >= 11 is 0. The maximum atomic E-state index is 9.90.